The van der Waals surface area contributed by atoms with Crippen LogP contribution in [0, 0.1) is 6.92 Å². The van der Waals surface area contributed by atoms with Gasteiger partial charge in [-0.2, -0.15) is 0 Å². The minimum Gasteiger partial charge on any atom is -0.508 e. The summed E-state index contributed by atoms with van der Waals surface area (Å²) in [4.78, 5) is 2.22. The molecule has 0 saturated heterocycles. The number of phenolic OH excluding ortho intramolecular Hbond substituents is 1. The third-order valence-corrected chi connectivity index (χ3v) is 3.43. The monoisotopic (exact) mass is 271 g/mol. The van der Waals surface area contributed by atoms with E-state index in [1.165, 1.54) is 5.56 Å². The second-order valence-electron chi connectivity index (χ2n) is 4.84. The minimum atomic E-state index is 0.302. The van der Waals surface area contributed by atoms with E-state index in [1.54, 1.807) is 19.2 Å². The molecule has 0 aromatic heterocycles. The molecule has 0 fully saturated rings. The number of anilines is 1. The van der Waals surface area contributed by atoms with Crippen LogP contribution >= 0.6 is 0 Å². The number of hydrogen-bond donors (Lipinski definition) is 1. The zero-order valence-electron chi connectivity index (χ0n) is 12.3. The molecule has 0 aliphatic heterocycles. The van der Waals surface area contributed by atoms with E-state index in [9.17, 15) is 5.11 Å². The average molecular weight is 271 g/mol. The second kappa shape index (κ2) is 6.33. The number of phenols is 1. The number of nitrogens with zero attached hydrogens (tertiary/aromatic N) is 1. The minimum absolute atomic E-state index is 0.302. The van der Waals surface area contributed by atoms with Crippen molar-refractivity contribution in [3.05, 3.63) is 53.6 Å². The summed E-state index contributed by atoms with van der Waals surface area (Å²) < 4.78 is 5.22. The predicted molar refractivity (Wildman–Crippen MR) is 82.6 cm³/mol. The Kier molecular flexibility index (Phi) is 4.51. The average Bonchev–Trinajstić information content (AvgIpc) is 2.47. The number of methoxy groups -OCH3 is 1. The van der Waals surface area contributed by atoms with Crippen LogP contribution in [-0.2, 0) is 6.54 Å². The summed E-state index contributed by atoms with van der Waals surface area (Å²) in [5.74, 6) is 1.06. The summed E-state index contributed by atoms with van der Waals surface area (Å²) >= 11 is 0. The molecule has 0 bridgehead atoms. The highest BCUT2D eigenvalue weighted by molar-refractivity contribution is 5.50. The van der Waals surface area contributed by atoms with E-state index < -0.39 is 0 Å². The first-order chi connectivity index (χ1) is 9.63. The fourth-order valence-corrected chi connectivity index (χ4v) is 2.16. The second-order valence-corrected chi connectivity index (χ2v) is 4.84. The topological polar surface area (TPSA) is 32.7 Å². The maximum absolute atomic E-state index is 9.98. The third-order valence-electron chi connectivity index (χ3n) is 3.43. The van der Waals surface area contributed by atoms with Crippen molar-refractivity contribution < 1.29 is 9.84 Å². The maximum Gasteiger partial charge on any atom is 0.120 e. The van der Waals surface area contributed by atoms with Crippen LogP contribution in [0.4, 0.5) is 5.69 Å². The molecular weight excluding hydrogens is 250 g/mol. The van der Waals surface area contributed by atoms with Crippen LogP contribution in [0.25, 0.3) is 0 Å². The molecule has 0 atom stereocenters. The Morgan fingerprint density at radius 2 is 1.80 bits per heavy atom. The highest BCUT2D eigenvalue weighted by atomic mass is 16.5. The SMILES string of the molecule is CCN(Cc1cc(OC)ccc1O)c1ccc(C)cc1. The van der Waals surface area contributed by atoms with Gasteiger partial charge in [-0.15, -0.1) is 0 Å². The Labute approximate surface area is 120 Å². The fraction of sp³-hybridized carbons (Fsp3) is 0.294. The molecule has 0 saturated carbocycles. The summed E-state index contributed by atoms with van der Waals surface area (Å²) in [6.45, 7) is 5.72. The lowest BCUT2D eigenvalue weighted by Gasteiger charge is -2.24. The molecule has 0 radical (unpaired) electrons. The molecule has 1 N–H and O–H groups in total. The van der Waals surface area contributed by atoms with E-state index in [-0.39, 0.29) is 0 Å². The summed E-state index contributed by atoms with van der Waals surface area (Å²) in [5, 5.41) is 9.98. The first kappa shape index (κ1) is 14.3. The van der Waals surface area contributed by atoms with Gasteiger partial charge in [0.25, 0.3) is 0 Å². The van der Waals surface area contributed by atoms with Crippen LogP contribution in [-0.4, -0.2) is 18.8 Å². The van der Waals surface area contributed by atoms with Crippen molar-refractivity contribution in [2.45, 2.75) is 20.4 Å². The van der Waals surface area contributed by atoms with Gasteiger partial charge in [0.05, 0.1) is 7.11 Å². The molecule has 2 aromatic carbocycles. The maximum atomic E-state index is 9.98. The number of benzene rings is 2. The molecular formula is C17H21NO2. The van der Waals surface area contributed by atoms with Crippen molar-refractivity contribution in [1.82, 2.24) is 0 Å². The summed E-state index contributed by atoms with van der Waals surface area (Å²) in [7, 11) is 1.63. The van der Waals surface area contributed by atoms with Gasteiger partial charge >= 0.3 is 0 Å². The van der Waals surface area contributed by atoms with E-state index in [0.29, 0.717) is 12.3 Å². The lowest BCUT2D eigenvalue weighted by molar-refractivity contribution is 0.410. The van der Waals surface area contributed by atoms with E-state index in [2.05, 4.69) is 43.0 Å². The third kappa shape index (κ3) is 3.23. The molecule has 0 amide bonds. The smallest absolute Gasteiger partial charge is 0.120 e. The normalized spacial score (nSPS) is 10.3. The van der Waals surface area contributed by atoms with E-state index in [1.807, 2.05) is 6.07 Å². The van der Waals surface area contributed by atoms with Gasteiger partial charge in [-0.3, -0.25) is 0 Å². The number of rotatable bonds is 5. The van der Waals surface area contributed by atoms with E-state index >= 15 is 0 Å². The summed E-state index contributed by atoms with van der Waals surface area (Å²) in [5.41, 5.74) is 3.26. The van der Waals surface area contributed by atoms with Crippen LogP contribution in [0.15, 0.2) is 42.5 Å². The Bertz CT molecular complexity index is 564. The van der Waals surface area contributed by atoms with Gasteiger partial charge in [-0.05, 0) is 44.2 Å². The van der Waals surface area contributed by atoms with Crippen LogP contribution in [0.2, 0.25) is 0 Å². The highest BCUT2D eigenvalue weighted by Crippen LogP contribution is 2.26. The highest BCUT2D eigenvalue weighted by Gasteiger charge is 2.09. The predicted octanol–water partition coefficient (Wildman–Crippen LogP) is 3.74. The van der Waals surface area contributed by atoms with Crippen LogP contribution in [0.3, 0.4) is 0 Å². The zero-order chi connectivity index (χ0) is 14.5. The van der Waals surface area contributed by atoms with Gasteiger partial charge in [0, 0.05) is 24.3 Å². The molecule has 3 nitrogen and oxygen atoms in total. The summed E-state index contributed by atoms with van der Waals surface area (Å²) in [6, 6.07) is 13.7. The van der Waals surface area contributed by atoms with Gasteiger partial charge in [-0.1, -0.05) is 17.7 Å². The molecule has 0 spiro atoms. The van der Waals surface area contributed by atoms with Crippen LogP contribution in [0.5, 0.6) is 11.5 Å². The fourth-order valence-electron chi connectivity index (χ4n) is 2.16. The standard InChI is InChI=1S/C17H21NO2/c1-4-18(15-7-5-13(2)6-8-15)12-14-11-16(20-3)9-10-17(14)19/h5-11,19H,4,12H2,1-3H3. The molecule has 0 aliphatic rings. The van der Waals surface area contributed by atoms with Gasteiger partial charge in [-0.25, -0.2) is 0 Å². The number of aromatic hydroxyl groups is 1. The van der Waals surface area contributed by atoms with Gasteiger partial charge < -0.3 is 14.7 Å². The lowest BCUT2D eigenvalue weighted by Crippen LogP contribution is -2.22. The largest absolute Gasteiger partial charge is 0.508 e. The zero-order valence-corrected chi connectivity index (χ0v) is 12.3. The summed E-state index contributed by atoms with van der Waals surface area (Å²) in [6.07, 6.45) is 0. The Balaban J connectivity index is 2.23. The van der Waals surface area contributed by atoms with Crippen LogP contribution < -0.4 is 9.64 Å². The molecule has 106 valence electrons. The first-order valence-corrected chi connectivity index (χ1v) is 6.81. The van der Waals surface area contributed by atoms with Crippen molar-refractivity contribution >= 4 is 5.69 Å². The van der Waals surface area contributed by atoms with Crippen molar-refractivity contribution in [3.8, 4) is 11.5 Å². The Hall–Kier alpha value is -2.16. The number of aryl methyl sites for hydroxylation is 1. The van der Waals surface area contributed by atoms with E-state index in [4.69, 9.17) is 4.74 Å². The van der Waals surface area contributed by atoms with Gasteiger partial charge in [0.1, 0.15) is 11.5 Å². The quantitative estimate of drug-likeness (QED) is 0.899. The molecule has 0 aliphatic carbocycles. The number of ether oxygens (including phenoxy) is 1. The molecule has 0 heterocycles. The van der Waals surface area contributed by atoms with Crippen molar-refractivity contribution in [2.24, 2.45) is 0 Å². The first-order valence-electron chi connectivity index (χ1n) is 6.81. The molecule has 3 heteroatoms. The van der Waals surface area contributed by atoms with Crippen molar-refractivity contribution in [1.29, 1.82) is 0 Å². The number of hydrogen-bond acceptors (Lipinski definition) is 3. The van der Waals surface area contributed by atoms with Crippen molar-refractivity contribution in [2.75, 3.05) is 18.6 Å². The Morgan fingerprint density at radius 1 is 1.10 bits per heavy atom. The van der Waals surface area contributed by atoms with Crippen LogP contribution in [0.1, 0.15) is 18.1 Å². The van der Waals surface area contributed by atoms with E-state index in [0.717, 1.165) is 23.5 Å². The molecule has 0 unspecified atom stereocenters. The molecule has 20 heavy (non-hydrogen) atoms. The van der Waals surface area contributed by atoms with Gasteiger partial charge in [0.15, 0.2) is 0 Å². The molecule has 2 rings (SSSR count). The van der Waals surface area contributed by atoms with Gasteiger partial charge in [0.2, 0.25) is 0 Å². The lowest BCUT2D eigenvalue weighted by atomic mass is 10.1. The Morgan fingerprint density at radius 3 is 2.40 bits per heavy atom. The van der Waals surface area contributed by atoms with Crippen molar-refractivity contribution in [3.63, 3.8) is 0 Å². The molecule has 2 aromatic rings.